The quantitative estimate of drug-likeness (QED) is 0.345. The van der Waals surface area contributed by atoms with Gasteiger partial charge in [-0.05, 0) is 41.2 Å². The van der Waals surface area contributed by atoms with Crippen molar-refractivity contribution in [2.45, 2.75) is 33.6 Å². The van der Waals surface area contributed by atoms with Crippen molar-refractivity contribution < 1.29 is 0 Å². The van der Waals surface area contributed by atoms with Gasteiger partial charge in [0.15, 0.2) is 0 Å². The van der Waals surface area contributed by atoms with E-state index in [9.17, 15) is 0 Å². The monoisotopic (exact) mass is 384 g/mol. The minimum Gasteiger partial charge on any atom is -0.103 e. The summed E-state index contributed by atoms with van der Waals surface area (Å²) in [4.78, 5) is 0. The third-order valence-electron chi connectivity index (χ3n) is 4.85. The van der Waals surface area contributed by atoms with Crippen molar-refractivity contribution in [3.63, 3.8) is 0 Å². The van der Waals surface area contributed by atoms with Crippen LogP contribution in [0, 0.1) is 0 Å². The van der Waals surface area contributed by atoms with Crippen LogP contribution in [0.3, 0.4) is 0 Å². The van der Waals surface area contributed by atoms with Crippen LogP contribution in [0.1, 0.15) is 44.9 Å². The van der Waals surface area contributed by atoms with Crippen LogP contribution in [0.2, 0.25) is 0 Å². The maximum atomic E-state index is 4.08. The van der Waals surface area contributed by atoms with E-state index in [0.29, 0.717) is 0 Å². The summed E-state index contributed by atoms with van der Waals surface area (Å²) < 4.78 is 0. The number of hydrogen-bond donors (Lipinski definition) is 0. The second-order valence-electron chi connectivity index (χ2n) is 6.31. The third kappa shape index (κ3) is 4.84. The molecular formula is C29H36. The Morgan fingerprint density at radius 3 is 1.93 bits per heavy atom. The van der Waals surface area contributed by atoms with Crippen LogP contribution < -0.4 is 0 Å². The Balaban J connectivity index is 0.00000120. The van der Waals surface area contributed by atoms with Crippen molar-refractivity contribution in [3.8, 4) is 0 Å². The lowest BCUT2D eigenvalue weighted by molar-refractivity contribution is 0.640. The third-order valence-corrected chi connectivity index (χ3v) is 4.85. The Bertz CT molecular complexity index is 871. The van der Waals surface area contributed by atoms with Crippen molar-refractivity contribution in [3.05, 3.63) is 140 Å². The molecule has 0 heteroatoms. The molecule has 0 aromatic heterocycles. The Labute approximate surface area is 179 Å². The van der Waals surface area contributed by atoms with Crippen molar-refractivity contribution >= 4 is 5.57 Å². The summed E-state index contributed by atoms with van der Waals surface area (Å²) in [6.45, 7) is 16.9. The Hall–Kier alpha value is -3.12. The predicted molar refractivity (Wildman–Crippen MR) is 134 cm³/mol. The molecule has 0 aliphatic heterocycles. The lowest BCUT2D eigenvalue weighted by atomic mass is 9.69. The highest BCUT2D eigenvalue weighted by Crippen LogP contribution is 2.53. The van der Waals surface area contributed by atoms with Crippen molar-refractivity contribution in [2.75, 3.05) is 0 Å². The van der Waals surface area contributed by atoms with Crippen LogP contribution in [0.15, 0.2) is 123 Å². The van der Waals surface area contributed by atoms with Gasteiger partial charge in [-0.25, -0.2) is 0 Å². The van der Waals surface area contributed by atoms with Gasteiger partial charge < -0.3 is 0 Å². The fourth-order valence-electron chi connectivity index (χ4n) is 3.82. The smallest absolute Gasteiger partial charge is 0.0497 e. The molecule has 0 spiro atoms. The molecular weight excluding hydrogens is 348 g/mol. The van der Waals surface area contributed by atoms with Crippen LogP contribution in [0.4, 0.5) is 0 Å². The lowest BCUT2D eigenvalue weighted by Crippen LogP contribution is -2.27. The molecule has 2 aromatic rings. The first-order valence-electron chi connectivity index (χ1n) is 9.20. The lowest BCUT2D eigenvalue weighted by Gasteiger charge is -2.33. The molecule has 3 rings (SSSR count). The van der Waals surface area contributed by atoms with Crippen LogP contribution in [-0.4, -0.2) is 0 Å². The Kier molecular flexibility index (Phi) is 11.0. The number of hydrogen-bond acceptors (Lipinski definition) is 0. The molecule has 1 atom stereocenters. The highest BCUT2D eigenvalue weighted by molar-refractivity contribution is 5.89. The molecule has 1 aliphatic carbocycles. The van der Waals surface area contributed by atoms with Gasteiger partial charge in [0.05, 0.1) is 0 Å². The van der Waals surface area contributed by atoms with Crippen LogP contribution in [0.25, 0.3) is 5.57 Å². The zero-order chi connectivity index (χ0) is 19.7. The first-order chi connectivity index (χ1) is 13.2. The summed E-state index contributed by atoms with van der Waals surface area (Å²) >= 11 is 0. The van der Waals surface area contributed by atoms with Gasteiger partial charge in [0.25, 0.3) is 0 Å². The number of fused-ring (bicyclic) bond motifs is 1. The van der Waals surface area contributed by atoms with Crippen molar-refractivity contribution in [1.82, 2.24) is 0 Å². The van der Waals surface area contributed by atoms with Gasteiger partial charge >= 0.3 is 0 Å². The molecule has 0 amide bonds. The molecule has 0 N–H and O–H groups in total. The Morgan fingerprint density at radius 1 is 0.828 bits per heavy atom. The fraction of sp³-hybridized carbons (Fsp3) is 0.172. The Morgan fingerprint density at radius 2 is 1.41 bits per heavy atom. The zero-order valence-electron chi connectivity index (χ0n) is 16.2. The normalized spacial score (nSPS) is 16.4. The van der Waals surface area contributed by atoms with E-state index in [1.165, 1.54) is 27.8 Å². The SMILES string of the molecule is C.C.C=CC=C.C=CCC1(c2ccccc2)C(/C=C\C)=C(C=C)c2ccccc21. The van der Waals surface area contributed by atoms with E-state index >= 15 is 0 Å². The molecule has 0 radical (unpaired) electrons. The average Bonchev–Trinajstić information content (AvgIpc) is 2.99. The van der Waals surface area contributed by atoms with E-state index in [1.54, 1.807) is 12.2 Å². The van der Waals surface area contributed by atoms with Gasteiger partial charge in [-0.2, -0.15) is 0 Å². The minimum atomic E-state index is -0.185. The average molecular weight is 385 g/mol. The topological polar surface area (TPSA) is 0 Å². The largest absolute Gasteiger partial charge is 0.103 e. The van der Waals surface area contributed by atoms with E-state index in [4.69, 9.17) is 0 Å². The van der Waals surface area contributed by atoms with E-state index < -0.39 is 0 Å². The standard InChI is InChI=1S/C23H22.C4H6.2CH4/c1-4-12-21-19(6-3)20-15-10-11-16-22(20)23(21,17-5-2)18-13-8-7-9-14-18;1-3-4-2;;/h4-16H,2-3,17H2,1H3;3-4H,1-2H2;2*1H4/b12-4-;;;. The van der Waals surface area contributed by atoms with Gasteiger partial charge in [0, 0.05) is 5.41 Å². The first kappa shape index (κ1) is 25.9. The van der Waals surface area contributed by atoms with E-state index in [1.807, 2.05) is 12.2 Å². The minimum absolute atomic E-state index is 0. The van der Waals surface area contributed by atoms with Crippen LogP contribution in [-0.2, 0) is 5.41 Å². The second-order valence-corrected chi connectivity index (χ2v) is 6.31. The van der Waals surface area contributed by atoms with Gasteiger partial charge in [-0.1, -0.05) is 126 Å². The van der Waals surface area contributed by atoms with Gasteiger partial charge in [-0.15, -0.1) is 6.58 Å². The molecule has 2 aromatic carbocycles. The van der Waals surface area contributed by atoms with Crippen molar-refractivity contribution in [2.24, 2.45) is 0 Å². The highest BCUT2D eigenvalue weighted by atomic mass is 14.4. The second kappa shape index (κ2) is 12.4. The number of benzene rings is 2. The summed E-state index contributed by atoms with van der Waals surface area (Å²) in [5, 5.41) is 0. The van der Waals surface area contributed by atoms with Crippen LogP contribution in [0.5, 0.6) is 0 Å². The molecule has 0 saturated carbocycles. The number of rotatable bonds is 6. The maximum Gasteiger partial charge on any atom is 0.0497 e. The van der Waals surface area contributed by atoms with Gasteiger partial charge in [-0.3, -0.25) is 0 Å². The predicted octanol–water partition coefficient (Wildman–Crippen LogP) is 8.71. The van der Waals surface area contributed by atoms with Crippen molar-refractivity contribution in [1.29, 1.82) is 0 Å². The summed E-state index contributed by atoms with van der Waals surface area (Å²) in [6.07, 6.45) is 12.5. The van der Waals surface area contributed by atoms with Crippen LogP contribution >= 0.6 is 0 Å². The van der Waals surface area contributed by atoms with E-state index in [0.717, 1.165) is 6.42 Å². The van der Waals surface area contributed by atoms with E-state index in [-0.39, 0.29) is 20.3 Å². The zero-order valence-corrected chi connectivity index (χ0v) is 16.2. The molecule has 0 fully saturated rings. The molecule has 29 heavy (non-hydrogen) atoms. The highest BCUT2D eigenvalue weighted by Gasteiger charge is 2.43. The number of allylic oxidation sites excluding steroid dienone is 8. The molecule has 0 bridgehead atoms. The van der Waals surface area contributed by atoms with E-state index in [2.05, 4.69) is 100.0 Å². The molecule has 1 unspecified atom stereocenters. The maximum absolute atomic E-state index is 4.08. The summed E-state index contributed by atoms with van der Waals surface area (Å²) in [7, 11) is 0. The summed E-state index contributed by atoms with van der Waals surface area (Å²) in [5.74, 6) is 0. The first-order valence-corrected chi connectivity index (χ1v) is 9.20. The summed E-state index contributed by atoms with van der Waals surface area (Å²) in [5.41, 5.74) is 6.27. The van der Waals surface area contributed by atoms with Gasteiger partial charge in [0.2, 0.25) is 0 Å². The molecule has 0 nitrogen and oxygen atoms in total. The summed E-state index contributed by atoms with van der Waals surface area (Å²) in [6, 6.07) is 19.4. The molecule has 0 saturated heterocycles. The molecule has 152 valence electrons. The fourth-order valence-corrected chi connectivity index (χ4v) is 3.82. The molecule has 1 aliphatic rings. The molecule has 0 heterocycles. The van der Waals surface area contributed by atoms with Gasteiger partial charge in [0.1, 0.15) is 0 Å².